The number of ether oxygens (including phenoxy) is 1. The predicted molar refractivity (Wildman–Crippen MR) is 65.8 cm³/mol. The number of hydrogen-bond donors (Lipinski definition) is 1. The lowest BCUT2D eigenvalue weighted by Gasteiger charge is -2.06. The van der Waals surface area contributed by atoms with E-state index in [0.29, 0.717) is 16.7 Å². The van der Waals surface area contributed by atoms with Gasteiger partial charge in [-0.2, -0.15) is 0 Å². The summed E-state index contributed by atoms with van der Waals surface area (Å²) in [5, 5.41) is 19.7. The Bertz CT molecular complexity index is 663. The number of rotatable bonds is 5. The van der Waals surface area contributed by atoms with Crippen LogP contribution in [0.3, 0.4) is 0 Å². The second kappa shape index (κ2) is 5.49. The average molecular weight is 265 g/mol. The van der Waals surface area contributed by atoms with Crippen LogP contribution in [0.5, 0.6) is 5.75 Å². The van der Waals surface area contributed by atoms with Crippen molar-refractivity contribution in [2.75, 3.05) is 13.2 Å². The molecule has 0 saturated heterocycles. The van der Waals surface area contributed by atoms with Crippen molar-refractivity contribution in [1.82, 2.24) is 0 Å². The second-order valence-corrected chi connectivity index (χ2v) is 3.81. The van der Waals surface area contributed by atoms with Crippen LogP contribution < -0.4 is 10.4 Å². The molecule has 0 atom stereocenters. The normalized spacial score (nSPS) is 10.6. The number of aliphatic hydroxyl groups excluding tert-OH is 1. The summed E-state index contributed by atoms with van der Waals surface area (Å²) in [6.07, 6.45) is 0. The first kappa shape index (κ1) is 13.0. The van der Waals surface area contributed by atoms with E-state index in [-0.39, 0.29) is 18.8 Å². The molecular formula is C12H11NO6. The second-order valence-electron chi connectivity index (χ2n) is 3.81. The summed E-state index contributed by atoms with van der Waals surface area (Å²) in [5.74, 6) is 0.419. The highest BCUT2D eigenvalue weighted by Crippen LogP contribution is 2.23. The number of nitro groups is 1. The van der Waals surface area contributed by atoms with Gasteiger partial charge < -0.3 is 14.3 Å². The summed E-state index contributed by atoms with van der Waals surface area (Å²) < 4.78 is 10.2. The Hall–Kier alpha value is -2.41. The van der Waals surface area contributed by atoms with Crippen molar-refractivity contribution in [3.63, 3.8) is 0 Å². The zero-order valence-electron chi connectivity index (χ0n) is 9.87. The van der Waals surface area contributed by atoms with E-state index in [0.717, 1.165) is 6.07 Å². The molecule has 1 N–H and O–H groups in total. The fourth-order valence-corrected chi connectivity index (χ4v) is 1.73. The molecule has 0 saturated carbocycles. The Morgan fingerprint density at radius 3 is 2.84 bits per heavy atom. The fourth-order valence-electron chi connectivity index (χ4n) is 1.73. The minimum absolute atomic E-state index is 0.115. The van der Waals surface area contributed by atoms with Gasteiger partial charge in [0, 0.05) is 28.0 Å². The molecule has 0 aliphatic rings. The Balaban J connectivity index is 2.48. The van der Waals surface area contributed by atoms with Crippen molar-refractivity contribution >= 4 is 11.0 Å². The molecule has 2 aromatic rings. The lowest BCUT2D eigenvalue weighted by Crippen LogP contribution is -2.06. The van der Waals surface area contributed by atoms with Gasteiger partial charge in [0.25, 0.3) is 0 Å². The molecular weight excluding hydrogens is 254 g/mol. The molecule has 1 aromatic carbocycles. The van der Waals surface area contributed by atoms with Crippen LogP contribution in [-0.2, 0) is 6.54 Å². The fraction of sp³-hybridized carbons (Fsp3) is 0.250. The van der Waals surface area contributed by atoms with Crippen LogP contribution in [-0.4, -0.2) is 23.2 Å². The van der Waals surface area contributed by atoms with Crippen LogP contribution in [0.4, 0.5) is 0 Å². The molecule has 100 valence electrons. The smallest absolute Gasteiger partial charge is 0.336 e. The molecule has 1 heterocycles. The van der Waals surface area contributed by atoms with Gasteiger partial charge in [-0.1, -0.05) is 0 Å². The highest BCUT2D eigenvalue weighted by Gasteiger charge is 2.11. The molecule has 7 nitrogen and oxygen atoms in total. The first-order chi connectivity index (χ1) is 9.10. The summed E-state index contributed by atoms with van der Waals surface area (Å²) >= 11 is 0. The zero-order valence-corrected chi connectivity index (χ0v) is 9.87. The topological polar surface area (TPSA) is 103 Å². The van der Waals surface area contributed by atoms with E-state index in [9.17, 15) is 14.9 Å². The molecule has 2 rings (SSSR count). The maximum atomic E-state index is 11.3. The molecule has 0 amide bonds. The SMILES string of the molecule is O=c1cc(C[N+](=O)[O-])c2ccc(OCCO)cc2o1. The van der Waals surface area contributed by atoms with Crippen molar-refractivity contribution in [3.05, 3.63) is 50.4 Å². The molecule has 0 spiro atoms. The molecule has 0 fully saturated rings. The van der Waals surface area contributed by atoms with Gasteiger partial charge in [0.05, 0.1) is 6.61 Å². The number of benzene rings is 1. The Labute approximate surface area is 107 Å². The minimum atomic E-state index is -0.649. The van der Waals surface area contributed by atoms with Crippen LogP contribution in [0, 0.1) is 10.1 Å². The standard InChI is InChI=1S/C12H11NO6/c14-3-4-18-9-1-2-10-8(7-13(16)17)5-12(15)19-11(10)6-9/h1-2,5-6,14H,3-4,7H2. The van der Waals surface area contributed by atoms with E-state index in [1.54, 1.807) is 12.1 Å². The van der Waals surface area contributed by atoms with E-state index in [2.05, 4.69) is 0 Å². The summed E-state index contributed by atoms with van der Waals surface area (Å²) in [6, 6.07) is 5.76. The van der Waals surface area contributed by atoms with Crippen molar-refractivity contribution < 1.29 is 19.2 Å². The summed E-state index contributed by atoms with van der Waals surface area (Å²) in [4.78, 5) is 21.4. The molecule has 0 bridgehead atoms. The van der Waals surface area contributed by atoms with Gasteiger partial charge in [0.15, 0.2) is 0 Å². The van der Waals surface area contributed by atoms with Crippen LogP contribution in [0.15, 0.2) is 33.5 Å². The lowest BCUT2D eigenvalue weighted by molar-refractivity contribution is -0.496. The highest BCUT2D eigenvalue weighted by atomic mass is 16.6. The Morgan fingerprint density at radius 2 is 2.16 bits per heavy atom. The van der Waals surface area contributed by atoms with E-state index < -0.39 is 17.1 Å². The largest absolute Gasteiger partial charge is 0.491 e. The average Bonchev–Trinajstić information content (AvgIpc) is 2.35. The van der Waals surface area contributed by atoms with Crippen molar-refractivity contribution in [3.8, 4) is 5.75 Å². The molecule has 0 aliphatic heterocycles. The third-order valence-corrected chi connectivity index (χ3v) is 2.46. The number of aliphatic hydroxyl groups is 1. The van der Waals surface area contributed by atoms with Crippen molar-refractivity contribution in [2.45, 2.75) is 6.54 Å². The molecule has 7 heteroatoms. The molecule has 0 unspecified atom stereocenters. The maximum absolute atomic E-state index is 11.3. The minimum Gasteiger partial charge on any atom is -0.491 e. The quantitative estimate of drug-likeness (QED) is 0.490. The van der Waals surface area contributed by atoms with E-state index in [1.165, 1.54) is 6.07 Å². The third-order valence-electron chi connectivity index (χ3n) is 2.46. The first-order valence-electron chi connectivity index (χ1n) is 5.52. The van der Waals surface area contributed by atoms with Crippen LogP contribution >= 0.6 is 0 Å². The van der Waals surface area contributed by atoms with Gasteiger partial charge >= 0.3 is 5.63 Å². The van der Waals surface area contributed by atoms with Crippen molar-refractivity contribution in [1.29, 1.82) is 0 Å². The first-order valence-corrected chi connectivity index (χ1v) is 5.52. The summed E-state index contributed by atoms with van der Waals surface area (Å²) in [6.45, 7) is -0.466. The van der Waals surface area contributed by atoms with Gasteiger partial charge in [-0.3, -0.25) is 10.1 Å². The Morgan fingerprint density at radius 1 is 1.37 bits per heavy atom. The van der Waals surface area contributed by atoms with E-state index in [4.69, 9.17) is 14.3 Å². The number of fused-ring (bicyclic) bond motifs is 1. The maximum Gasteiger partial charge on any atom is 0.336 e. The Kier molecular flexibility index (Phi) is 3.76. The van der Waals surface area contributed by atoms with Gasteiger partial charge in [-0.25, -0.2) is 4.79 Å². The van der Waals surface area contributed by atoms with E-state index in [1.807, 2.05) is 0 Å². The molecule has 19 heavy (non-hydrogen) atoms. The number of hydrogen-bond acceptors (Lipinski definition) is 6. The van der Waals surface area contributed by atoms with Crippen LogP contribution in [0.2, 0.25) is 0 Å². The van der Waals surface area contributed by atoms with Gasteiger partial charge in [-0.05, 0) is 12.1 Å². The van der Waals surface area contributed by atoms with Gasteiger partial charge in [0.1, 0.15) is 17.9 Å². The summed E-state index contributed by atoms with van der Waals surface area (Å²) in [7, 11) is 0. The molecule has 1 aromatic heterocycles. The monoisotopic (exact) mass is 265 g/mol. The van der Waals surface area contributed by atoms with Gasteiger partial charge in [-0.15, -0.1) is 0 Å². The highest BCUT2D eigenvalue weighted by molar-refractivity contribution is 5.81. The lowest BCUT2D eigenvalue weighted by atomic mass is 10.1. The molecule has 0 aliphatic carbocycles. The van der Waals surface area contributed by atoms with E-state index >= 15 is 0 Å². The predicted octanol–water partition coefficient (Wildman–Crippen LogP) is 0.941. The van der Waals surface area contributed by atoms with Crippen LogP contribution in [0.1, 0.15) is 5.56 Å². The summed E-state index contributed by atoms with van der Waals surface area (Å²) in [5.41, 5.74) is -0.131. The van der Waals surface area contributed by atoms with Gasteiger partial charge in [0.2, 0.25) is 6.54 Å². The third kappa shape index (κ3) is 3.08. The van der Waals surface area contributed by atoms with Crippen molar-refractivity contribution in [2.24, 2.45) is 0 Å². The number of nitrogens with zero attached hydrogens (tertiary/aromatic N) is 1. The molecule has 0 radical (unpaired) electrons. The van der Waals surface area contributed by atoms with Crippen LogP contribution in [0.25, 0.3) is 11.0 Å². The zero-order chi connectivity index (χ0) is 13.8.